The van der Waals surface area contributed by atoms with Gasteiger partial charge in [-0.25, -0.2) is 4.98 Å². The normalized spacial score (nSPS) is 15.3. The van der Waals surface area contributed by atoms with Crippen LogP contribution in [0, 0.1) is 6.92 Å². The van der Waals surface area contributed by atoms with E-state index in [1.807, 2.05) is 11.8 Å². The lowest BCUT2D eigenvalue weighted by Gasteiger charge is -2.25. The Labute approximate surface area is 153 Å². The fraction of sp³-hybridized carbons (Fsp3) is 0.500. The van der Waals surface area contributed by atoms with Crippen molar-refractivity contribution < 1.29 is 4.79 Å². The summed E-state index contributed by atoms with van der Waals surface area (Å²) in [6.07, 6.45) is 1.81. The minimum Gasteiger partial charge on any atom is -0.369 e. The number of aromatic amines is 1. The minimum absolute atomic E-state index is 0.166. The van der Waals surface area contributed by atoms with E-state index < -0.39 is 0 Å². The molecule has 0 bridgehead atoms. The summed E-state index contributed by atoms with van der Waals surface area (Å²) in [6, 6.07) is 8.45. The molecule has 1 N–H and O–H groups in total. The number of benzene rings is 1. The van der Waals surface area contributed by atoms with Gasteiger partial charge >= 0.3 is 0 Å². The predicted octanol–water partition coefficient (Wildman–Crippen LogP) is 2.51. The van der Waals surface area contributed by atoms with Gasteiger partial charge in [0.15, 0.2) is 0 Å². The van der Waals surface area contributed by atoms with Gasteiger partial charge < -0.3 is 9.80 Å². The molecule has 1 aromatic carbocycles. The summed E-state index contributed by atoms with van der Waals surface area (Å²) in [6.45, 7) is 7.61. The van der Waals surface area contributed by atoms with Crippen LogP contribution in [0.2, 0.25) is 0 Å². The Bertz CT molecular complexity index is 717. The Morgan fingerprint density at radius 2 is 2.08 bits per heavy atom. The van der Waals surface area contributed by atoms with Crippen molar-refractivity contribution in [2.75, 3.05) is 36.8 Å². The quantitative estimate of drug-likeness (QED) is 0.831. The summed E-state index contributed by atoms with van der Waals surface area (Å²) in [5, 5.41) is 7.67. The molecule has 0 saturated carbocycles. The highest BCUT2D eigenvalue weighted by molar-refractivity contribution is 7.99. The van der Waals surface area contributed by atoms with Crippen LogP contribution in [0.4, 0.5) is 5.69 Å². The van der Waals surface area contributed by atoms with E-state index in [1.165, 1.54) is 23.0 Å². The first-order chi connectivity index (χ1) is 12.2. The lowest BCUT2D eigenvalue weighted by molar-refractivity contribution is -0.128. The molecule has 0 atom stereocenters. The number of nitrogens with one attached hydrogen (secondary N) is 1. The van der Waals surface area contributed by atoms with Gasteiger partial charge in [0, 0.05) is 38.3 Å². The lowest BCUT2D eigenvalue weighted by Crippen LogP contribution is -2.36. The van der Waals surface area contributed by atoms with Gasteiger partial charge in [0.1, 0.15) is 5.82 Å². The number of anilines is 1. The monoisotopic (exact) mass is 359 g/mol. The minimum atomic E-state index is 0.166. The molecule has 3 rings (SSSR count). The molecule has 25 heavy (non-hydrogen) atoms. The van der Waals surface area contributed by atoms with Crippen molar-refractivity contribution in [1.82, 2.24) is 20.1 Å². The van der Waals surface area contributed by atoms with Gasteiger partial charge in [-0.3, -0.25) is 9.89 Å². The van der Waals surface area contributed by atoms with Crippen molar-refractivity contribution in [3.63, 3.8) is 0 Å². The largest absolute Gasteiger partial charge is 0.369 e. The first-order valence-corrected chi connectivity index (χ1v) is 9.78. The zero-order valence-corrected chi connectivity index (χ0v) is 15.7. The molecule has 1 fully saturated rings. The number of nitrogens with zero attached hydrogens (tertiary/aromatic N) is 4. The molecule has 0 unspecified atom stereocenters. The second-order valence-corrected chi connectivity index (χ2v) is 7.16. The van der Waals surface area contributed by atoms with Crippen LogP contribution in [0.1, 0.15) is 24.7 Å². The number of carbonyl (C=O) groups excluding carboxylic acids is 1. The first-order valence-electron chi connectivity index (χ1n) is 8.80. The first kappa shape index (κ1) is 17.8. The van der Waals surface area contributed by atoms with Gasteiger partial charge in [-0.05, 0) is 25.0 Å². The van der Waals surface area contributed by atoms with Gasteiger partial charge in [0.05, 0.1) is 5.75 Å². The average Bonchev–Trinajstić information content (AvgIpc) is 2.95. The van der Waals surface area contributed by atoms with Crippen LogP contribution < -0.4 is 4.90 Å². The molecular formula is C18H25N5OS. The van der Waals surface area contributed by atoms with Crippen molar-refractivity contribution in [3.05, 3.63) is 35.7 Å². The van der Waals surface area contributed by atoms with Crippen LogP contribution in [0.25, 0.3) is 0 Å². The molecule has 6 nitrogen and oxygen atoms in total. The number of hydrogen-bond donors (Lipinski definition) is 1. The average molecular weight is 359 g/mol. The Hall–Kier alpha value is -2.02. The molecule has 1 amide bonds. The molecule has 0 aliphatic carbocycles. The maximum Gasteiger partial charge on any atom is 0.233 e. The van der Waals surface area contributed by atoms with Gasteiger partial charge in [-0.2, -0.15) is 0 Å². The van der Waals surface area contributed by atoms with Crippen LogP contribution in [-0.2, 0) is 11.2 Å². The maximum atomic E-state index is 12.5. The third kappa shape index (κ3) is 4.54. The third-order valence-corrected chi connectivity index (χ3v) is 5.31. The number of para-hydroxylation sites is 1. The molecule has 1 aliphatic heterocycles. The van der Waals surface area contributed by atoms with E-state index in [9.17, 15) is 4.79 Å². The fourth-order valence-electron chi connectivity index (χ4n) is 3.04. The summed E-state index contributed by atoms with van der Waals surface area (Å²) in [4.78, 5) is 21.2. The Morgan fingerprint density at radius 1 is 1.24 bits per heavy atom. The second kappa shape index (κ2) is 8.38. The Morgan fingerprint density at radius 3 is 2.84 bits per heavy atom. The molecule has 1 aliphatic rings. The Balaban J connectivity index is 1.53. The molecule has 134 valence electrons. The number of aryl methyl sites for hydroxylation is 2. The number of hydrogen-bond acceptors (Lipinski definition) is 5. The molecule has 2 aromatic rings. The van der Waals surface area contributed by atoms with E-state index in [4.69, 9.17) is 0 Å². The number of thioether (sulfide) groups is 1. The fourth-order valence-corrected chi connectivity index (χ4v) is 3.76. The highest BCUT2D eigenvalue weighted by Gasteiger charge is 2.20. The summed E-state index contributed by atoms with van der Waals surface area (Å²) >= 11 is 1.41. The summed E-state index contributed by atoms with van der Waals surface area (Å²) in [5.41, 5.74) is 2.56. The van der Waals surface area contributed by atoms with Gasteiger partial charge in [0.25, 0.3) is 0 Å². The lowest BCUT2D eigenvalue weighted by atomic mass is 10.2. The molecule has 7 heteroatoms. The van der Waals surface area contributed by atoms with Crippen molar-refractivity contribution in [1.29, 1.82) is 0 Å². The van der Waals surface area contributed by atoms with Crippen LogP contribution in [0.5, 0.6) is 0 Å². The van der Waals surface area contributed by atoms with Crippen LogP contribution in [0.3, 0.4) is 0 Å². The van der Waals surface area contributed by atoms with Crippen molar-refractivity contribution >= 4 is 23.4 Å². The van der Waals surface area contributed by atoms with E-state index in [1.54, 1.807) is 0 Å². The SMILES string of the molecule is CCc1nc(SCC(=O)N2CCCN(c3ccccc3C)CC2)n[nH]1. The van der Waals surface area contributed by atoms with E-state index in [-0.39, 0.29) is 5.91 Å². The van der Waals surface area contributed by atoms with Crippen LogP contribution in [-0.4, -0.2) is 57.9 Å². The smallest absolute Gasteiger partial charge is 0.233 e. The number of rotatable bonds is 5. The number of H-pyrrole nitrogens is 1. The molecule has 0 spiro atoms. The number of amides is 1. The van der Waals surface area contributed by atoms with Crippen molar-refractivity contribution in [3.8, 4) is 0 Å². The molecule has 0 radical (unpaired) electrons. The van der Waals surface area contributed by atoms with Crippen molar-refractivity contribution in [2.45, 2.75) is 31.8 Å². The van der Waals surface area contributed by atoms with Crippen LogP contribution >= 0.6 is 11.8 Å². The summed E-state index contributed by atoms with van der Waals surface area (Å²) < 4.78 is 0. The van der Waals surface area contributed by atoms with Crippen molar-refractivity contribution in [2.24, 2.45) is 0 Å². The molecular weight excluding hydrogens is 334 g/mol. The Kier molecular flexibility index (Phi) is 5.96. The predicted molar refractivity (Wildman–Crippen MR) is 101 cm³/mol. The van der Waals surface area contributed by atoms with Gasteiger partial charge in [-0.1, -0.05) is 36.9 Å². The third-order valence-electron chi connectivity index (χ3n) is 4.48. The van der Waals surface area contributed by atoms with E-state index >= 15 is 0 Å². The number of aromatic nitrogens is 3. The molecule has 1 aromatic heterocycles. The van der Waals surface area contributed by atoms with Gasteiger partial charge in [0.2, 0.25) is 11.1 Å². The van der Waals surface area contributed by atoms with E-state index in [2.05, 4.69) is 51.3 Å². The second-order valence-electron chi connectivity index (χ2n) is 6.21. The zero-order chi connectivity index (χ0) is 17.6. The topological polar surface area (TPSA) is 65.1 Å². The molecule has 2 heterocycles. The van der Waals surface area contributed by atoms with E-state index in [0.717, 1.165) is 44.8 Å². The van der Waals surface area contributed by atoms with Crippen LogP contribution in [0.15, 0.2) is 29.4 Å². The number of carbonyl (C=O) groups is 1. The van der Waals surface area contributed by atoms with E-state index in [0.29, 0.717) is 10.9 Å². The highest BCUT2D eigenvalue weighted by Crippen LogP contribution is 2.21. The van der Waals surface area contributed by atoms with Gasteiger partial charge in [-0.15, -0.1) is 5.10 Å². The molecule has 1 saturated heterocycles. The summed E-state index contributed by atoms with van der Waals surface area (Å²) in [5.74, 6) is 1.42. The standard InChI is InChI=1S/C18H25N5OS/c1-3-16-19-18(21-20-16)25-13-17(24)23-10-6-9-22(11-12-23)15-8-5-4-7-14(15)2/h4-5,7-8H,3,6,9-13H2,1-2H3,(H,19,20,21). The zero-order valence-electron chi connectivity index (χ0n) is 14.9. The summed E-state index contributed by atoms with van der Waals surface area (Å²) in [7, 11) is 0. The maximum absolute atomic E-state index is 12.5. The highest BCUT2D eigenvalue weighted by atomic mass is 32.2.